The molecule has 2 heterocycles. The molecular weight excluding hydrogens is 291 g/mol. The number of nitrogens with zero attached hydrogens (tertiary/aromatic N) is 2. The second-order valence-corrected chi connectivity index (χ2v) is 5.43. The second kappa shape index (κ2) is 5.65. The Hall–Kier alpha value is -2.21. The summed E-state index contributed by atoms with van der Waals surface area (Å²) < 4.78 is 19.6. The van der Waals surface area contributed by atoms with E-state index < -0.39 is 0 Å². The Labute approximate surface area is 124 Å². The molecule has 108 valence electrons. The molecule has 0 aliphatic heterocycles. The molecule has 21 heavy (non-hydrogen) atoms. The number of thiazole rings is 1. The molecular formula is C15H13FN2O2S. The van der Waals surface area contributed by atoms with Gasteiger partial charge in [-0.3, -0.25) is 9.20 Å². The second-order valence-electron chi connectivity index (χ2n) is 4.59. The van der Waals surface area contributed by atoms with Crippen molar-refractivity contribution in [3.63, 3.8) is 0 Å². The Morgan fingerprint density at radius 3 is 2.86 bits per heavy atom. The largest absolute Gasteiger partial charge is 0.469 e. The first-order valence-corrected chi connectivity index (χ1v) is 7.33. The number of benzene rings is 1. The van der Waals surface area contributed by atoms with E-state index in [4.69, 9.17) is 0 Å². The molecule has 6 heteroatoms. The third-order valence-electron chi connectivity index (χ3n) is 3.24. The molecule has 0 spiro atoms. The fourth-order valence-electron chi connectivity index (χ4n) is 2.10. The van der Waals surface area contributed by atoms with Gasteiger partial charge in [0.25, 0.3) is 0 Å². The number of aromatic nitrogens is 2. The van der Waals surface area contributed by atoms with E-state index in [1.807, 2.05) is 16.0 Å². The fraction of sp³-hybridized carbons (Fsp3) is 0.200. The number of fused-ring (bicyclic) bond motifs is 1. The number of aryl methyl sites for hydroxylation is 1. The monoisotopic (exact) mass is 304 g/mol. The number of ether oxygens (including phenoxy) is 1. The summed E-state index contributed by atoms with van der Waals surface area (Å²) in [6.45, 7) is 0. The van der Waals surface area contributed by atoms with Crippen molar-refractivity contribution in [2.45, 2.75) is 12.8 Å². The van der Waals surface area contributed by atoms with Gasteiger partial charge in [-0.1, -0.05) is 0 Å². The van der Waals surface area contributed by atoms with Gasteiger partial charge >= 0.3 is 5.97 Å². The summed E-state index contributed by atoms with van der Waals surface area (Å²) in [5.74, 6) is -0.494. The topological polar surface area (TPSA) is 43.6 Å². The van der Waals surface area contributed by atoms with Gasteiger partial charge in [0.15, 0.2) is 4.96 Å². The van der Waals surface area contributed by atoms with Crippen molar-refractivity contribution in [3.05, 3.63) is 47.4 Å². The molecule has 0 saturated carbocycles. The maximum Gasteiger partial charge on any atom is 0.305 e. The van der Waals surface area contributed by atoms with E-state index in [9.17, 15) is 9.18 Å². The molecule has 0 atom stereocenters. The van der Waals surface area contributed by atoms with Gasteiger partial charge in [0.1, 0.15) is 5.82 Å². The number of rotatable bonds is 4. The van der Waals surface area contributed by atoms with E-state index >= 15 is 0 Å². The first kappa shape index (κ1) is 13.8. The molecule has 0 amide bonds. The van der Waals surface area contributed by atoms with Crippen molar-refractivity contribution in [1.29, 1.82) is 0 Å². The van der Waals surface area contributed by atoms with Crippen LogP contribution in [0.4, 0.5) is 4.39 Å². The highest BCUT2D eigenvalue weighted by Gasteiger charge is 2.11. The van der Waals surface area contributed by atoms with Crippen molar-refractivity contribution in [3.8, 4) is 11.3 Å². The summed E-state index contributed by atoms with van der Waals surface area (Å²) in [7, 11) is 1.38. The fourth-order valence-corrected chi connectivity index (χ4v) is 3.01. The van der Waals surface area contributed by atoms with E-state index in [2.05, 4.69) is 9.72 Å². The Bertz CT molecular complexity index is 777. The van der Waals surface area contributed by atoms with Gasteiger partial charge in [0.2, 0.25) is 0 Å². The Morgan fingerprint density at radius 2 is 2.14 bits per heavy atom. The molecule has 4 nitrogen and oxygen atoms in total. The van der Waals surface area contributed by atoms with Crippen molar-refractivity contribution >= 4 is 22.3 Å². The minimum Gasteiger partial charge on any atom is -0.469 e. The third-order valence-corrected chi connectivity index (χ3v) is 4.13. The Morgan fingerprint density at radius 1 is 1.38 bits per heavy atom. The summed E-state index contributed by atoms with van der Waals surface area (Å²) in [5.41, 5.74) is 2.67. The standard InChI is InChI=1S/C15H13FN2O2S/c1-20-14(19)7-6-12-9-21-15-17-13(8-18(12)15)10-2-4-11(16)5-3-10/h2-5,8-9H,6-7H2,1H3. The van der Waals surface area contributed by atoms with Gasteiger partial charge in [-0.2, -0.15) is 0 Å². The minimum absolute atomic E-state index is 0.228. The van der Waals surface area contributed by atoms with Gasteiger partial charge in [0.05, 0.1) is 19.2 Å². The summed E-state index contributed by atoms with van der Waals surface area (Å²) in [4.78, 5) is 16.6. The van der Waals surface area contributed by atoms with E-state index in [0.717, 1.165) is 21.9 Å². The maximum absolute atomic E-state index is 13.0. The number of esters is 1. The number of methoxy groups -OCH3 is 1. The molecule has 0 unspecified atom stereocenters. The van der Waals surface area contributed by atoms with Gasteiger partial charge in [0, 0.05) is 22.8 Å². The van der Waals surface area contributed by atoms with E-state index in [-0.39, 0.29) is 11.8 Å². The molecule has 3 aromatic rings. The summed E-state index contributed by atoms with van der Waals surface area (Å²) >= 11 is 1.52. The Balaban J connectivity index is 1.88. The number of halogens is 1. The summed E-state index contributed by atoms with van der Waals surface area (Å²) in [6, 6.07) is 6.24. The molecule has 0 saturated heterocycles. The normalized spacial score (nSPS) is 11.0. The van der Waals surface area contributed by atoms with Crippen LogP contribution >= 0.6 is 11.3 Å². The Kier molecular flexibility index (Phi) is 3.70. The maximum atomic E-state index is 13.0. The van der Waals surface area contributed by atoms with E-state index in [0.29, 0.717) is 12.8 Å². The van der Waals surface area contributed by atoms with Crippen molar-refractivity contribution in [2.24, 2.45) is 0 Å². The number of carbonyl (C=O) groups excluding carboxylic acids is 1. The van der Waals surface area contributed by atoms with Crippen LogP contribution in [0.3, 0.4) is 0 Å². The molecule has 2 aromatic heterocycles. The molecule has 3 rings (SSSR count). The van der Waals surface area contributed by atoms with Crippen LogP contribution in [0.25, 0.3) is 16.2 Å². The van der Waals surface area contributed by atoms with Crippen LogP contribution < -0.4 is 0 Å². The number of hydrogen-bond acceptors (Lipinski definition) is 4. The molecule has 1 aromatic carbocycles. The lowest BCUT2D eigenvalue weighted by atomic mass is 10.2. The zero-order valence-corrected chi connectivity index (χ0v) is 12.2. The highest BCUT2D eigenvalue weighted by atomic mass is 32.1. The first-order chi connectivity index (χ1) is 10.2. The average molecular weight is 304 g/mol. The third kappa shape index (κ3) is 2.80. The lowest BCUT2D eigenvalue weighted by Gasteiger charge is -1.99. The van der Waals surface area contributed by atoms with Crippen LogP contribution in [0.2, 0.25) is 0 Å². The van der Waals surface area contributed by atoms with Crippen LogP contribution in [-0.2, 0) is 16.0 Å². The van der Waals surface area contributed by atoms with Gasteiger partial charge in [-0.05, 0) is 30.7 Å². The van der Waals surface area contributed by atoms with Crippen LogP contribution in [0.1, 0.15) is 12.1 Å². The van der Waals surface area contributed by atoms with Crippen molar-refractivity contribution < 1.29 is 13.9 Å². The number of imidazole rings is 1. The lowest BCUT2D eigenvalue weighted by Crippen LogP contribution is -2.02. The van der Waals surface area contributed by atoms with Crippen molar-refractivity contribution in [1.82, 2.24) is 9.38 Å². The minimum atomic E-state index is -0.265. The molecule has 0 aliphatic carbocycles. The molecule has 0 N–H and O–H groups in total. The van der Waals surface area contributed by atoms with Gasteiger partial charge in [-0.25, -0.2) is 9.37 Å². The summed E-state index contributed by atoms with van der Waals surface area (Å²) in [6.07, 6.45) is 2.85. The van der Waals surface area contributed by atoms with Crippen LogP contribution in [0.15, 0.2) is 35.8 Å². The summed E-state index contributed by atoms with van der Waals surface area (Å²) in [5, 5.41) is 1.99. The van der Waals surface area contributed by atoms with Gasteiger partial charge in [-0.15, -0.1) is 11.3 Å². The van der Waals surface area contributed by atoms with E-state index in [1.54, 1.807) is 12.1 Å². The molecule has 0 radical (unpaired) electrons. The highest BCUT2D eigenvalue weighted by Crippen LogP contribution is 2.24. The predicted octanol–water partition coefficient (Wildman–Crippen LogP) is 3.31. The SMILES string of the molecule is COC(=O)CCc1csc2nc(-c3ccc(F)cc3)cn12. The van der Waals surface area contributed by atoms with E-state index in [1.165, 1.54) is 30.6 Å². The number of carbonyl (C=O) groups is 1. The van der Waals surface area contributed by atoms with Crippen LogP contribution in [0, 0.1) is 5.82 Å². The van der Waals surface area contributed by atoms with Crippen LogP contribution in [0.5, 0.6) is 0 Å². The zero-order chi connectivity index (χ0) is 14.8. The lowest BCUT2D eigenvalue weighted by molar-refractivity contribution is -0.140. The number of hydrogen-bond donors (Lipinski definition) is 0. The highest BCUT2D eigenvalue weighted by molar-refractivity contribution is 7.15. The van der Waals surface area contributed by atoms with Crippen LogP contribution in [-0.4, -0.2) is 22.5 Å². The van der Waals surface area contributed by atoms with Crippen molar-refractivity contribution in [2.75, 3.05) is 7.11 Å². The molecule has 0 bridgehead atoms. The molecule has 0 fully saturated rings. The quantitative estimate of drug-likeness (QED) is 0.695. The molecule has 0 aliphatic rings. The average Bonchev–Trinajstić information content (AvgIpc) is 3.06. The predicted molar refractivity (Wildman–Crippen MR) is 78.8 cm³/mol. The smallest absolute Gasteiger partial charge is 0.305 e. The van der Waals surface area contributed by atoms with Gasteiger partial charge < -0.3 is 4.74 Å². The first-order valence-electron chi connectivity index (χ1n) is 6.45. The zero-order valence-electron chi connectivity index (χ0n) is 11.4.